The Hall–Kier alpha value is -1.18. The first-order valence-electron chi connectivity index (χ1n) is 2.43. The van der Waals surface area contributed by atoms with E-state index in [1.807, 2.05) is 0 Å². The van der Waals surface area contributed by atoms with Crippen LogP contribution in [0.15, 0.2) is 12.8 Å². The standard InChI is InChI=1S/C4H4F2O5S/c1-2-10-4(7)11-12(8,9)3(5)6/h2-3H,1H2. The molecule has 0 aliphatic rings. The van der Waals surface area contributed by atoms with Crippen molar-refractivity contribution in [1.82, 2.24) is 0 Å². The SMILES string of the molecule is C=COC(=O)OS(=O)(=O)C(F)F. The third kappa shape index (κ3) is 3.28. The first-order chi connectivity index (χ1) is 5.40. The van der Waals surface area contributed by atoms with Gasteiger partial charge in [0, 0.05) is 0 Å². The minimum Gasteiger partial charge on any atom is -0.403 e. The van der Waals surface area contributed by atoms with Gasteiger partial charge < -0.3 is 8.92 Å². The lowest BCUT2D eigenvalue weighted by Gasteiger charge is -2.01. The Morgan fingerprint density at radius 2 is 2.00 bits per heavy atom. The third-order valence-corrected chi connectivity index (χ3v) is 1.39. The van der Waals surface area contributed by atoms with Crippen molar-refractivity contribution in [1.29, 1.82) is 0 Å². The van der Waals surface area contributed by atoms with Crippen molar-refractivity contribution in [2.24, 2.45) is 0 Å². The van der Waals surface area contributed by atoms with Crippen LogP contribution in [-0.2, 0) is 19.0 Å². The second-order valence-corrected chi connectivity index (χ2v) is 2.88. The highest BCUT2D eigenvalue weighted by Gasteiger charge is 2.29. The van der Waals surface area contributed by atoms with Gasteiger partial charge in [0.15, 0.2) is 0 Å². The van der Waals surface area contributed by atoms with Gasteiger partial charge in [0.05, 0.1) is 6.26 Å². The van der Waals surface area contributed by atoms with Crippen LogP contribution < -0.4 is 0 Å². The second-order valence-electron chi connectivity index (χ2n) is 1.37. The summed E-state index contributed by atoms with van der Waals surface area (Å²) in [5, 5.41) is 0. The molecule has 0 bridgehead atoms. The molecule has 5 nitrogen and oxygen atoms in total. The molecule has 0 aromatic carbocycles. The first kappa shape index (κ1) is 10.8. The Morgan fingerprint density at radius 3 is 2.33 bits per heavy atom. The van der Waals surface area contributed by atoms with Crippen LogP contribution in [0.2, 0.25) is 0 Å². The minimum absolute atomic E-state index is 0.545. The maximum Gasteiger partial charge on any atom is 0.529 e. The molecule has 0 aliphatic heterocycles. The van der Waals surface area contributed by atoms with Gasteiger partial charge in [-0.05, 0) is 0 Å². The van der Waals surface area contributed by atoms with Gasteiger partial charge >= 0.3 is 22.0 Å². The lowest BCUT2D eigenvalue weighted by molar-refractivity contribution is 0.129. The molecule has 70 valence electrons. The number of alkyl halides is 2. The zero-order valence-electron chi connectivity index (χ0n) is 5.57. The molecular weight excluding hydrogens is 198 g/mol. The molecule has 0 unspecified atom stereocenters. The van der Waals surface area contributed by atoms with E-state index in [-0.39, 0.29) is 0 Å². The van der Waals surface area contributed by atoms with Gasteiger partial charge in [-0.3, -0.25) is 0 Å². The number of carbonyl (C=O) groups is 1. The van der Waals surface area contributed by atoms with Crippen LogP contribution in [0, 0.1) is 0 Å². The van der Waals surface area contributed by atoms with Gasteiger partial charge in [0.2, 0.25) is 0 Å². The Morgan fingerprint density at radius 1 is 1.50 bits per heavy atom. The molecule has 0 saturated carbocycles. The van der Waals surface area contributed by atoms with Crippen molar-refractivity contribution >= 4 is 16.3 Å². The van der Waals surface area contributed by atoms with Crippen molar-refractivity contribution < 1.29 is 30.9 Å². The molecule has 0 aromatic rings. The summed E-state index contributed by atoms with van der Waals surface area (Å²) in [6.45, 7) is 2.87. The Bertz CT molecular complexity index is 269. The van der Waals surface area contributed by atoms with Crippen molar-refractivity contribution in [3.8, 4) is 0 Å². The molecule has 0 N–H and O–H groups in total. The maximum absolute atomic E-state index is 11.5. The number of hydrogen-bond acceptors (Lipinski definition) is 5. The van der Waals surface area contributed by atoms with E-state index in [1.54, 1.807) is 0 Å². The predicted molar refractivity (Wildman–Crippen MR) is 32.7 cm³/mol. The normalized spacial score (nSPS) is 10.9. The zero-order valence-corrected chi connectivity index (χ0v) is 6.38. The average molecular weight is 202 g/mol. The number of carbonyl (C=O) groups excluding carboxylic acids is 1. The fourth-order valence-corrected chi connectivity index (χ4v) is 0.521. The maximum atomic E-state index is 11.5. The van der Waals surface area contributed by atoms with Gasteiger partial charge in [0.1, 0.15) is 0 Å². The summed E-state index contributed by atoms with van der Waals surface area (Å²) in [6.07, 6.45) is -1.23. The Kier molecular flexibility index (Phi) is 3.61. The molecule has 0 radical (unpaired) electrons. The second kappa shape index (κ2) is 4.00. The quantitative estimate of drug-likeness (QED) is 0.385. The third-order valence-electron chi connectivity index (χ3n) is 0.582. The van der Waals surface area contributed by atoms with Gasteiger partial charge in [-0.1, -0.05) is 6.58 Å². The van der Waals surface area contributed by atoms with Crippen LogP contribution in [0.5, 0.6) is 0 Å². The summed E-state index contributed by atoms with van der Waals surface area (Å²) in [4.78, 5) is 10.1. The van der Waals surface area contributed by atoms with Gasteiger partial charge in [-0.2, -0.15) is 17.2 Å². The van der Waals surface area contributed by atoms with Gasteiger partial charge in [0.25, 0.3) is 0 Å². The highest BCUT2D eigenvalue weighted by molar-refractivity contribution is 7.87. The minimum atomic E-state index is -5.18. The lowest BCUT2D eigenvalue weighted by atomic mass is 11.1. The topological polar surface area (TPSA) is 69.7 Å². The first-order valence-corrected chi connectivity index (χ1v) is 3.90. The monoisotopic (exact) mass is 202 g/mol. The number of ether oxygens (including phenoxy) is 1. The van der Waals surface area contributed by atoms with Crippen LogP contribution in [0.25, 0.3) is 0 Å². The van der Waals surface area contributed by atoms with Crippen LogP contribution in [0.1, 0.15) is 0 Å². The molecule has 0 saturated heterocycles. The summed E-state index contributed by atoms with van der Waals surface area (Å²) in [5.41, 5.74) is 0. The molecule has 8 heteroatoms. The molecule has 0 atom stereocenters. The van der Waals surface area contributed by atoms with E-state index in [4.69, 9.17) is 0 Å². The summed E-state index contributed by atoms with van der Waals surface area (Å²) in [5.74, 6) is -3.78. The number of halogens is 2. The molecule has 0 spiro atoms. The van der Waals surface area contributed by atoms with Gasteiger partial charge in [-0.25, -0.2) is 4.79 Å². The van der Waals surface area contributed by atoms with E-state index < -0.39 is 22.0 Å². The highest BCUT2D eigenvalue weighted by Crippen LogP contribution is 2.07. The summed E-state index contributed by atoms with van der Waals surface area (Å²) in [7, 11) is -5.18. The van der Waals surface area contributed by atoms with Crippen molar-refractivity contribution in [2.45, 2.75) is 5.76 Å². The van der Waals surface area contributed by atoms with Crippen molar-refractivity contribution in [2.75, 3.05) is 0 Å². The number of hydrogen-bond donors (Lipinski definition) is 0. The average Bonchev–Trinajstić information content (AvgIpc) is 1.85. The fraction of sp³-hybridized carbons (Fsp3) is 0.250. The Balaban J connectivity index is 4.26. The van der Waals surface area contributed by atoms with Crippen molar-refractivity contribution in [3.63, 3.8) is 0 Å². The van der Waals surface area contributed by atoms with E-state index in [2.05, 4.69) is 15.5 Å². The van der Waals surface area contributed by atoms with E-state index in [0.717, 1.165) is 0 Å². The molecular formula is C4H4F2O5S. The molecule has 0 amide bonds. The van der Waals surface area contributed by atoms with Gasteiger partial charge in [-0.15, -0.1) is 0 Å². The smallest absolute Gasteiger partial charge is 0.403 e. The molecule has 0 aliphatic carbocycles. The largest absolute Gasteiger partial charge is 0.529 e. The Labute approximate surface area is 66.7 Å². The van der Waals surface area contributed by atoms with Crippen LogP contribution >= 0.6 is 0 Å². The van der Waals surface area contributed by atoms with Crippen LogP contribution in [0.3, 0.4) is 0 Å². The summed E-state index contributed by atoms with van der Waals surface area (Å²) in [6, 6.07) is 0. The molecule has 0 aromatic heterocycles. The molecule has 12 heavy (non-hydrogen) atoms. The van der Waals surface area contributed by atoms with E-state index in [1.165, 1.54) is 0 Å². The molecule has 0 fully saturated rings. The summed E-state index contributed by atoms with van der Waals surface area (Å²) >= 11 is 0. The van der Waals surface area contributed by atoms with E-state index in [0.29, 0.717) is 6.26 Å². The predicted octanol–water partition coefficient (Wildman–Crippen LogP) is 0.836. The highest BCUT2D eigenvalue weighted by atomic mass is 32.2. The van der Waals surface area contributed by atoms with Crippen LogP contribution in [-0.4, -0.2) is 20.3 Å². The molecule has 0 rings (SSSR count). The fourth-order valence-electron chi connectivity index (χ4n) is 0.219. The molecule has 0 heterocycles. The van der Waals surface area contributed by atoms with E-state index >= 15 is 0 Å². The lowest BCUT2D eigenvalue weighted by Crippen LogP contribution is -2.18. The number of rotatable bonds is 3. The van der Waals surface area contributed by atoms with Crippen LogP contribution in [0.4, 0.5) is 13.6 Å². The zero-order chi connectivity index (χ0) is 9.78. The van der Waals surface area contributed by atoms with Crippen molar-refractivity contribution in [3.05, 3.63) is 12.8 Å². The summed E-state index contributed by atoms with van der Waals surface area (Å²) < 4.78 is 50.1. The van der Waals surface area contributed by atoms with E-state index in [9.17, 15) is 22.0 Å².